The first kappa shape index (κ1) is 14.6. The summed E-state index contributed by atoms with van der Waals surface area (Å²) in [4.78, 5) is 4.19. The van der Waals surface area contributed by atoms with Gasteiger partial charge in [0.1, 0.15) is 11.9 Å². The summed E-state index contributed by atoms with van der Waals surface area (Å²) in [5.74, 6) is 0.211. The molecule has 3 N–H and O–H groups in total. The van der Waals surface area contributed by atoms with Gasteiger partial charge in [-0.05, 0) is 32.0 Å². The van der Waals surface area contributed by atoms with Crippen LogP contribution in [0.1, 0.15) is 38.2 Å². The van der Waals surface area contributed by atoms with Crippen molar-refractivity contribution in [3.8, 4) is 0 Å². The van der Waals surface area contributed by atoms with Crippen LogP contribution in [0.5, 0.6) is 0 Å². The van der Waals surface area contributed by atoms with E-state index in [4.69, 9.17) is 5.73 Å². The minimum Gasteiger partial charge on any atom is -0.399 e. The number of fused-ring (bicyclic) bond motifs is 1. The highest BCUT2D eigenvalue weighted by Gasteiger charge is 2.32. The first-order chi connectivity index (χ1) is 9.19. The number of aliphatic hydroxyl groups excluding tert-OH is 1. The number of benzene rings is 1. The van der Waals surface area contributed by atoms with Crippen LogP contribution in [0.2, 0.25) is 0 Å². The van der Waals surface area contributed by atoms with Crippen LogP contribution in [0, 0.1) is 0 Å². The number of nitrogens with zero attached hydrogens (tertiary/aromatic N) is 2. The maximum absolute atomic E-state index is 12.6. The van der Waals surface area contributed by atoms with Gasteiger partial charge in [-0.2, -0.15) is 13.2 Å². The summed E-state index contributed by atoms with van der Waals surface area (Å²) >= 11 is 0. The zero-order valence-corrected chi connectivity index (χ0v) is 11.1. The molecule has 2 atom stereocenters. The van der Waals surface area contributed by atoms with Crippen molar-refractivity contribution in [2.75, 3.05) is 5.73 Å². The number of hydrogen-bond acceptors (Lipinski definition) is 3. The maximum atomic E-state index is 12.6. The van der Waals surface area contributed by atoms with Crippen LogP contribution in [-0.2, 0) is 0 Å². The Morgan fingerprint density at radius 3 is 2.55 bits per heavy atom. The van der Waals surface area contributed by atoms with E-state index in [1.54, 1.807) is 18.2 Å². The van der Waals surface area contributed by atoms with Crippen LogP contribution < -0.4 is 5.73 Å². The number of imidazole rings is 1. The molecule has 0 aliphatic heterocycles. The molecule has 4 nitrogen and oxygen atoms in total. The summed E-state index contributed by atoms with van der Waals surface area (Å²) in [5.41, 5.74) is 7.14. The van der Waals surface area contributed by atoms with Crippen LogP contribution in [0.25, 0.3) is 11.0 Å². The molecule has 2 unspecified atom stereocenters. The van der Waals surface area contributed by atoms with Gasteiger partial charge in [0.25, 0.3) is 0 Å². The molecule has 0 saturated carbocycles. The Kier molecular flexibility index (Phi) is 3.64. The topological polar surface area (TPSA) is 64.1 Å². The fourth-order valence-electron chi connectivity index (χ4n) is 2.32. The van der Waals surface area contributed by atoms with Crippen molar-refractivity contribution < 1.29 is 18.3 Å². The quantitative estimate of drug-likeness (QED) is 0.852. The van der Waals surface area contributed by atoms with Gasteiger partial charge in [-0.25, -0.2) is 4.98 Å². The van der Waals surface area contributed by atoms with Crippen molar-refractivity contribution >= 4 is 16.7 Å². The number of nitrogen functional groups attached to an aromatic ring is 1. The third-order valence-electron chi connectivity index (χ3n) is 3.08. The Morgan fingerprint density at radius 1 is 1.35 bits per heavy atom. The molecule has 2 rings (SSSR count). The molecule has 1 aromatic heterocycles. The predicted octanol–water partition coefficient (Wildman–Crippen LogP) is 3.19. The lowest BCUT2D eigenvalue weighted by Gasteiger charge is -2.20. The van der Waals surface area contributed by atoms with Gasteiger partial charge in [0, 0.05) is 11.7 Å². The molecule has 1 heterocycles. The van der Waals surface area contributed by atoms with E-state index >= 15 is 0 Å². The van der Waals surface area contributed by atoms with Crippen LogP contribution in [-0.4, -0.2) is 20.8 Å². The molecular weight excluding hydrogens is 271 g/mol. The summed E-state index contributed by atoms with van der Waals surface area (Å²) in [6.45, 7) is 2.93. The summed E-state index contributed by atoms with van der Waals surface area (Å²) in [6, 6.07) is 3.95. The van der Waals surface area contributed by atoms with Gasteiger partial charge in [0.2, 0.25) is 0 Å². The normalized spacial score (nSPS) is 15.5. The van der Waals surface area contributed by atoms with E-state index in [0.29, 0.717) is 16.7 Å². The molecule has 0 aliphatic carbocycles. The van der Waals surface area contributed by atoms with E-state index in [1.165, 1.54) is 18.4 Å². The van der Waals surface area contributed by atoms with Gasteiger partial charge in [-0.15, -0.1) is 0 Å². The van der Waals surface area contributed by atoms with E-state index < -0.39 is 24.7 Å². The van der Waals surface area contributed by atoms with Crippen molar-refractivity contribution in [1.29, 1.82) is 0 Å². The largest absolute Gasteiger partial charge is 0.399 e. The molecule has 7 heteroatoms. The number of halogens is 3. The first-order valence-corrected chi connectivity index (χ1v) is 6.21. The maximum Gasteiger partial charge on any atom is 0.391 e. The lowest BCUT2D eigenvalue weighted by Crippen LogP contribution is -2.19. The molecule has 0 saturated heterocycles. The average molecular weight is 287 g/mol. The molecule has 2 aromatic rings. The van der Waals surface area contributed by atoms with Gasteiger partial charge >= 0.3 is 6.18 Å². The molecule has 110 valence electrons. The van der Waals surface area contributed by atoms with Gasteiger partial charge in [-0.3, -0.25) is 0 Å². The highest BCUT2D eigenvalue weighted by atomic mass is 19.4. The van der Waals surface area contributed by atoms with Crippen LogP contribution in [0.3, 0.4) is 0 Å². The average Bonchev–Trinajstić information content (AvgIpc) is 2.64. The molecular formula is C13H16F3N3O. The molecule has 0 radical (unpaired) electrons. The molecule has 20 heavy (non-hydrogen) atoms. The van der Waals surface area contributed by atoms with Crippen molar-refractivity contribution in [3.63, 3.8) is 0 Å². The number of rotatable bonds is 3. The molecule has 0 bridgehead atoms. The molecule has 1 aromatic carbocycles. The van der Waals surface area contributed by atoms with Crippen LogP contribution in [0.15, 0.2) is 18.2 Å². The van der Waals surface area contributed by atoms with Crippen LogP contribution >= 0.6 is 0 Å². The highest BCUT2D eigenvalue weighted by Crippen LogP contribution is 2.33. The summed E-state index contributed by atoms with van der Waals surface area (Å²) in [5, 5.41) is 9.73. The van der Waals surface area contributed by atoms with Gasteiger partial charge < -0.3 is 15.4 Å². The van der Waals surface area contributed by atoms with Crippen molar-refractivity contribution in [2.45, 2.75) is 38.6 Å². The summed E-state index contributed by atoms with van der Waals surface area (Å²) in [6.07, 6.45) is -6.22. The number of aliphatic hydroxyl groups is 1. The number of nitrogens with two attached hydrogens (primary N) is 1. The Balaban J connectivity index is 2.57. The smallest absolute Gasteiger partial charge is 0.391 e. The van der Waals surface area contributed by atoms with Gasteiger partial charge in [0.05, 0.1) is 17.5 Å². The summed E-state index contributed by atoms with van der Waals surface area (Å²) in [7, 11) is 0. The second-order valence-corrected chi connectivity index (χ2v) is 4.93. The van der Waals surface area contributed by atoms with Crippen LogP contribution in [0.4, 0.5) is 18.9 Å². The van der Waals surface area contributed by atoms with Crippen molar-refractivity contribution in [3.05, 3.63) is 24.0 Å². The van der Waals surface area contributed by atoms with E-state index in [-0.39, 0.29) is 5.82 Å². The summed E-state index contributed by atoms with van der Waals surface area (Å²) < 4.78 is 39.2. The monoisotopic (exact) mass is 287 g/mol. The Hall–Kier alpha value is -1.76. The Bertz CT molecular complexity index is 619. The predicted molar refractivity (Wildman–Crippen MR) is 70.2 cm³/mol. The fourth-order valence-corrected chi connectivity index (χ4v) is 2.32. The number of aromatic nitrogens is 2. The number of alkyl halides is 3. The standard InChI is InChI=1S/C13H16F3N3O/c1-7(6-13(14,15)16)19-11-4-3-9(17)5-10(11)18-12(19)8(2)20/h3-5,7-8,20H,6,17H2,1-2H3. The Labute approximate surface area is 114 Å². The zero-order valence-electron chi connectivity index (χ0n) is 11.1. The van der Waals surface area contributed by atoms with E-state index in [1.807, 2.05) is 0 Å². The Morgan fingerprint density at radius 2 is 2.00 bits per heavy atom. The first-order valence-electron chi connectivity index (χ1n) is 6.21. The van der Waals surface area contributed by atoms with Gasteiger partial charge in [-0.1, -0.05) is 0 Å². The number of anilines is 1. The molecule has 0 amide bonds. The SMILES string of the molecule is CC(O)c1nc2cc(N)ccc2n1C(C)CC(F)(F)F. The van der Waals surface area contributed by atoms with Crippen molar-refractivity contribution in [1.82, 2.24) is 9.55 Å². The zero-order chi connectivity index (χ0) is 15.1. The van der Waals surface area contributed by atoms with E-state index in [9.17, 15) is 18.3 Å². The van der Waals surface area contributed by atoms with Crippen molar-refractivity contribution in [2.24, 2.45) is 0 Å². The third kappa shape index (κ3) is 2.87. The molecule has 0 aliphatic rings. The third-order valence-corrected chi connectivity index (χ3v) is 3.08. The van der Waals surface area contributed by atoms with Gasteiger partial charge in [0.15, 0.2) is 0 Å². The second-order valence-electron chi connectivity index (χ2n) is 4.93. The van der Waals surface area contributed by atoms with E-state index in [2.05, 4.69) is 4.98 Å². The van der Waals surface area contributed by atoms with E-state index in [0.717, 1.165) is 0 Å². The lowest BCUT2D eigenvalue weighted by atomic mass is 10.2. The number of hydrogen-bond donors (Lipinski definition) is 2. The molecule has 0 spiro atoms. The lowest BCUT2D eigenvalue weighted by molar-refractivity contribution is -0.141. The second kappa shape index (κ2) is 4.97. The molecule has 0 fully saturated rings. The highest BCUT2D eigenvalue weighted by molar-refractivity contribution is 5.80. The minimum atomic E-state index is -4.28. The minimum absolute atomic E-state index is 0.211. The fraction of sp³-hybridized carbons (Fsp3) is 0.462.